The van der Waals surface area contributed by atoms with Crippen LogP contribution in [0.1, 0.15) is 23.4 Å². The molecule has 2 amide bonds. The molecule has 132 valence electrons. The first-order valence-electron chi connectivity index (χ1n) is 8.35. The molecule has 3 rings (SSSR count). The van der Waals surface area contributed by atoms with Gasteiger partial charge in [0.25, 0.3) is 5.91 Å². The number of carbonyl (C=O) groups is 2. The van der Waals surface area contributed by atoms with E-state index in [1.807, 2.05) is 4.90 Å². The molecule has 2 aromatic rings. The third kappa shape index (κ3) is 4.56. The summed E-state index contributed by atoms with van der Waals surface area (Å²) in [5.41, 5.74) is 0. The molecule has 1 saturated heterocycles. The second kappa shape index (κ2) is 8.27. The maximum atomic E-state index is 12.3. The highest BCUT2D eigenvalue weighted by Crippen LogP contribution is 2.19. The van der Waals surface area contributed by atoms with Crippen molar-refractivity contribution in [1.82, 2.24) is 20.6 Å². The van der Waals surface area contributed by atoms with Gasteiger partial charge < -0.3 is 20.0 Å². The normalized spacial score (nSPS) is 17.1. The third-order valence-corrected chi connectivity index (χ3v) is 4.08. The lowest BCUT2D eigenvalue weighted by atomic mass is 9.97. The molecule has 1 fully saturated rings. The van der Waals surface area contributed by atoms with Crippen LogP contribution in [0.5, 0.6) is 0 Å². The van der Waals surface area contributed by atoms with Gasteiger partial charge in [0.15, 0.2) is 5.76 Å². The number of aromatic nitrogens is 2. The van der Waals surface area contributed by atoms with Crippen LogP contribution < -0.4 is 15.5 Å². The van der Waals surface area contributed by atoms with Crippen molar-refractivity contribution in [3.63, 3.8) is 0 Å². The monoisotopic (exact) mass is 343 g/mol. The molecule has 0 saturated carbocycles. The summed E-state index contributed by atoms with van der Waals surface area (Å²) >= 11 is 0. The lowest BCUT2D eigenvalue weighted by Crippen LogP contribution is -2.45. The van der Waals surface area contributed by atoms with Crippen LogP contribution >= 0.6 is 0 Å². The number of furan rings is 1. The van der Waals surface area contributed by atoms with Gasteiger partial charge in [-0.2, -0.15) is 0 Å². The number of piperidine rings is 1. The van der Waals surface area contributed by atoms with Gasteiger partial charge in [0.05, 0.1) is 12.2 Å². The minimum Gasteiger partial charge on any atom is -0.459 e. The van der Waals surface area contributed by atoms with Crippen molar-refractivity contribution < 1.29 is 14.0 Å². The molecule has 1 unspecified atom stereocenters. The summed E-state index contributed by atoms with van der Waals surface area (Å²) in [5, 5.41) is 5.57. The number of anilines is 1. The molecule has 8 nitrogen and oxygen atoms in total. The van der Waals surface area contributed by atoms with E-state index in [0.29, 0.717) is 25.6 Å². The summed E-state index contributed by atoms with van der Waals surface area (Å²) < 4.78 is 5.01. The van der Waals surface area contributed by atoms with Crippen molar-refractivity contribution in [2.75, 3.05) is 31.1 Å². The second-order valence-corrected chi connectivity index (χ2v) is 5.86. The van der Waals surface area contributed by atoms with E-state index in [4.69, 9.17) is 4.42 Å². The highest BCUT2D eigenvalue weighted by Gasteiger charge is 2.26. The second-order valence-electron chi connectivity index (χ2n) is 5.86. The average Bonchev–Trinajstić information content (AvgIpc) is 3.20. The lowest BCUT2D eigenvalue weighted by molar-refractivity contribution is -0.125. The zero-order valence-corrected chi connectivity index (χ0v) is 13.9. The van der Waals surface area contributed by atoms with Crippen LogP contribution in [-0.4, -0.2) is 48.0 Å². The molecule has 0 aliphatic carbocycles. The minimum atomic E-state index is -0.288. The minimum absolute atomic E-state index is 0.00659. The predicted molar refractivity (Wildman–Crippen MR) is 91.0 cm³/mol. The van der Waals surface area contributed by atoms with Crippen LogP contribution in [0.15, 0.2) is 41.3 Å². The largest absolute Gasteiger partial charge is 0.459 e. The molecule has 1 atom stereocenters. The number of hydrogen-bond donors (Lipinski definition) is 2. The number of rotatable bonds is 6. The molecule has 1 aliphatic rings. The Morgan fingerprint density at radius 2 is 2.00 bits per heavy atom. The van der Waals surface area contributed by atoms with Gasteiger partial charge >= 0.3 is 0 Å². The van der Waals surface area contributed by atoms with Crippen molar-refractivity contribution in [3.05, 3.63) is 42.6 Å². The van der Waals surface area contributed by atoms with Crippen molar-refractivity contribution in [3.8, 4) is 0 Å². The van der Waals surface area contributed by atoms with E-state index < -0.39 is 0 Å². The Morgan fingerprint density at radius 1 is 1.20 bits per heavy atom. The summed E-state index contributed by atoms with van der Waals surface area (Å²) in [6.07, 6.45) is 6.61. The molecule has 8 heteroatoms. The predicted octanol–water partition coefficient (Wildman–Crippen LogP) is 0.832. The van der Waals surface area contributed by atoms with Gasteiger partial charge in [-0.1, -0.05) is 0 Å². The van der Waals surface area contributed by atoms with Crippen LogP contribution in [0.25, 0.3) is 0 Å². The van der Waals surface area contributed by atoms with Gasteiger partial charge in [0.1, 0.15) is 0 Å². The Bertz CT molecular complexity index is 690. The third-order valence-electron chi connectivity index (χ3n) is 4.08. The molecule has 0 spiro atoms. The molecule has 25 heavy (non-hydrogen) atoms. The first-order chi connectivity index (χ1) is 12.2. The smallest absolute Gasteiger partial charge is 0.287 e. The van der Waals surface area contributed by atoms with Crippen LogP contribution in [-0.2, 0) is 4.79 Å². The molecule has 2 N–H and O–H groups in total. The number of nitrogens with one attached hydrogen (secondary N) is 2. The number of hydrogen-bond acceptors (Lipinski definition) is 6. The SMILES string of the molecule is O=C(NCCNC(=O)C1CCCN(c2ncccn2)C1)c1ccco1. The van der Waals surface area contributed by atoms with E-state index >= 15 is 0 Å². The van der Waals surface area contributed by atoms with Gasteiger partial charge in [-0.05, 0) is 31.0 Å². The maximum absolute atomic E-state index is 12.3. The summed E-state index contributed by atoms with van der Waals surface area (Å²) in [7, 11) is 0. The molecule has 0 radical (unpaired) electrons. The van der Waals surface area contributed by atoms with Crippen molar-refractivity contribution in [2.45, 2.75) is 12.8 Å². The molecular weight excluding hydrogens is 322 g/mol. The summed E-state index contributed by atoms with van der Waals surface area (Å²) in [6, 6.07) is 5.02. The maximum Gasteiger partial charge on any atom is 0.287 e. The van der Waals surface area contributed by atoms with Crippen molar-refractivity contribution in [1.29, 1.82) is 0 Å². The molecule has 2 aromatic heterocycles. The van der Waals surface area contributed by atoms with E-state index in [0.717, 1.165) is 19.4 Å². The zero-order valence-electron chi connectivity index (χ0n) is 13.9. The summed E-state index contributed by atoms with van der Waals surface area (Å²) in [4.78, 5) is 34.6. The van der Waals surface area contributed by atoms with E-state index in [1.165, 1.54) is 6.26 Å². The Labute approximate surface area is 145 Å². The fraction of sp³-hybridized carbons (Fsp3) is 0.412. The van der Waals surface area contributed by atoms with E-state index in [2.05, 4.69) is 20.6 Å². The van der Waals surface area contributed by atoms with Crippen molar-refractivity contribution >= 4 is 17.8 Å². The van der Waals surface area contributed by atoms with Gasteiger partial charge in [-0.3, -0.25) is 9.59 Å². The number of nitrogens with zero attached hydrogens (tertiary/aromatic N) is 3. The number of carbonyl (C=O) groups excluding carboxylic acids is 2. The Morgan fingerprint density at radius 3 is 2.76 bits per heavy atom. The van der Waals surface area contributed by atoms with Crippen LogP contribution in [0.2, 0.25) is 0 Å². The quantitative estimate of drug-likeness (QED) is 0.754. The van der Waals surface area contributed by atoms with E-state index in [1.54, 1.807) is 30.6 Å². The standard InChI is InChI=1S/C17H21N5O3/c23-15(18-8-9-19-16(24)14-5-2-11-25-14)13-4-1-10-22(12-13)17-20-6-3-7-21-17/h2-3,5-7,11,13H,1,4,8-10,12H2,(H,18,23)(H,19,24). The Balaban J connectivity index is 1.41. The molecule has 0 aromatic carbocycles. The Hall–Kier alpha value is -2.90. The molecular formula is C17H21N5O3. The first-order valence-corrected chi connectivity index (χ1v) is 8.35. The first kappa shape index (κ1) is 16.9. The topological polar surface area (TPSA) is 100 Å². The molecule has 0 bridgehead atoms. The zero-order chi connectivity index (χ0) is 17.5. The van der Waals surface area contributed by atoms with Gasteiger partial charge in [0, 0.05) is 38.6 Å². The van der Waals surface area contributed by atoms with Gasteiger partial charge in [-0.25, -0.2) is 9.97 Å². The summed E-state index contributed by atoms with van der Waals surface area (Å²) in [5.74, 6) is 0.526. The van der Waals surface area contributed by atoms with E-state index in [-0.39, 0.29) is 23.5 Å². The van der Waals surface area contributed by atoms with Gasteiger partial charge in [-0.15, -0.1) is 0 Å². The lowest BCUT2D eigenvalue weighted by Gasteiger charge is -2.31. The highest BCUT2D eigenvalue weighted by molar-refractivity contribution is 5.91. The van der Waals surface area contributed by atoms with E-state index in [9.17, 15) is 9.59 Å². The Kier molecular flexibility index (Phi) is 5.61. The average molecular weight is 343 g/mol. The van der Waals surface area contributed by atoms with Crippen LogP contribution in [0.4, 0.5) is 5.95 Å². The van der Waals surface area contributed by atoms with Gasteiger partial charge in [0.2, 0.25) is 11.9 Å². The highest BCUT2D eigenvalue weighted by atomic mass is 16.3. The van der Waals surface area contributed by atoms with Crippen LogP contribution in [0.3, 0.4) is 0 Å². The fourth-order valence-corrected chi connectivity index (χ4v) is 2.83. The molecule has 3 heterocycles. The number of amides is 2. The fourth-order valence-electron chi connectivity index (χ4n) is 2.83. The molecule has 1 aliphatic heterocycles. The van der Waals surface area contributed by atoms with Crippen LogP contribution in [0, 0.1) is 5.92 Å². The van der Waals surface area contributed by atoms with Crippen molar-refractivity contribution in [2.24, 2.45) is 5.92 Å². The summed E-state index contributed by atoms with van der Waals surface area (Å²) in [6.45, 7) is 2.19.